The van der Waals surface area contributed by atoms with Crippen molar-refractivity contribution in [3.05, 3.63) is 29.3 Å². The third kappa shape index (κ3) is 5.08. The van der Waals surface area contributed by atoms with Gasteiger partial charge in [0.2, 0.25) is 17.7 Å². The van der Waals surface area contributed by atoms with E-state index in [0.717, 1.165) is 24.2 Å². The molecule has 0 bridgehead atoms. The second-order valence-electron chi connectivity index (χ2n) is 8.54. The fraction of sp³-hybridized carbons (Fsp3) is 0.478. The van der Waals surface area contributed by atoms with Crippen LogP contribution in [0.3, 0.4) is 0 Å². The Morgan fingerprint density at radius 3 is 2.44 bits per heavy atom. The van der Waals surface area contributed by atoms with E-state index < -0.39 is 35.6 Å². The predicted octanol–water partition coefficient (Wildman–Crippen LogP) is -0.111. The molecule has 1 unspecified atom stereocenters. The van der Waals surface area contributed by atoms with Crippen LogP contribution < -0.4 is 20.7 Å². The number of nitrogens with zero attached hydrogens (tertiary/aromatic N) is 1. The minimum Gasteiger partial charge on any atom is -0.483 e. The molecule has 2 fully saturated rings. The molecule has 1 saturated carbocycles. The zero-order valence-electron chi connectivity index (χ0n) is 18.6. The van der Waals surface area contributed by atoms with Gasteiger partial charge in [0.1, 0.15) is 11.8 Å². The second kappa shape index (κ2) is 10.0. The van der Waals surface area contributed by atoms with Crippen LogP contribution in [0.2, 0.25) is 0 Å². The normalized spacial score (nSPS) is 19.5. The van der Waals surface area contributed by atoms with Crippen molar-refractivity contribution in [3.63, 3.8) is 0 Å². The highest BCUT2D eigenvalue weighted by Crippen LogP contribution is 2.33. The second-order valence-corrected chi connectivity index (χ2v) is 8.54. The van der Waals surface area contributed by atoms with Crippen LogP contribution in [0, 0.1) is 5.92 Å². The number of carbonyl (C=O) groups is 6. The lowest BCUT2D eigenvalue weighted by Gasteiger charge is -2.27. The summed E-state index contributed by atoms with van der Waals surface area (Å²) in [7, 11) is 0. The molecule has 1 atom stereocenters. The van der Waals surface area contributed by atoms with E-state index in [9.17, 15) is 28.8 Å². The molecule has 4 rings (SSSR count). The van der Waals surface area contributed by atoms with Crippen LogP contribution in [-0.4, -0.2) is 66.1 Å². The summed E-state index contributed by atoms with van der Waals surface area (Å²) >= 11 is 0. The summed E-state index contributed by atoms with van der Waals surface area (Å²) in [4.78, 5) is 73.9. The van der Waals surface area contributed by atoms with E-state index in [0.29, 0.717) is 19.5 Å². The molecule has 11 nitrogen and oxygen atoms in total. The molecule has 6 amide bonds. The Bertz CT molecular complexity index is 1050. The molecular formula is C23H26N4O7. The Morgan fingerprint density at radius 2 is 1.74 bits per heavy atom. The maximum Gasteiger partial charge on any atom is 0.266 e. The van der Waals surface area contributed by atoms with E-state index in [1.807, 2.05) is 0 Å². The summed E-state index contributed by atoms with van der Waals surface area (Å²) in [6.07, 6.45) is 3.42. The first-order valence-electron chi connectivity index (χ1n) is 11.4. The van der Waals surface area contributed by atoms with E-state index in [-0.39, 0.29) is 48.2 Å². The average Bonchev–Trinajstić information content (AvgIpc) is 3.63. The van der Waals surface area contributed by atoms with E-state index >= 15 is 0 Å². The molecule has 1 aliphatic carbocycles. The fourth-order valence-electron chi connectivity index (χ4n) is 3.98. The van der Waals surface area contributed by atoms with Gasteiger partial charge >= 0.3 is 0 Å². The van der Waals surface area contributed by atoms with Gasteiger partial charge in [0, 0.05) is 25.4 Å². The molecule has 1 aromatic carbocycles. The Kier molecular flexibility index (Phi) is 6.90. The quantitative estimate of drug-likeness (QED) is 0.319. The van der Waals surface area contributed by atoms with Crippen molar-refractivity contribution in [1.82, 2.24) is 20.9 Å². The highest BCUT2D eigenvalue weighted by Gasteiger charge is 2.46. The number of ether oxygens (including phenoxy) is 1. The number of fused-ring (bicyclic) bond motifs is 1. The van der Waals surface area contributed by atoms with Crippen LogP contribution in [0.4, 0.5) is 0 Å². The third-order valence-corrected chi connectivity index (χ3v) is 5.96. The number of unbranched alkanes of at least 4 members (excludes halogenated alkanes) is 1. The number of piperidine rings is 1. The Labute approximate surface area is 195 Å². The van der Waals surface area contributed by atoms with E-state index in [2.05, 4.69) is 16.0 Å². The number of nitrogens with one attached hydrogen (secondary N) is 3. The maximum atomic E-state index is 13.0. The first-order valence-corrected chi connectivity index (χ1v) is 11.4. The van der Waals surface area contributed by atoms with Gasteiger partial charge in [-0.05, 0) is 44.2 Å². The Hall–Kier alpha value is -3.76. The number of imide groups is 2. The topological polar surface area (TPSA) is 151 Å². The lowest BCUT2D eigenvalue weighted by molar-refractivity contribution is -0.136. The van der Waals surface area contributed by atoms with Crippen LogP contribution in [-0.2, 0) is 19.2 Å². The standard InChI is InChI=1S/C23H26N4O7/c28-17-9-8-15(21(31)26-17)27-22(32)14-4-3-5-16(19(14)23(27)33)34-12-18(29)24-10-1-2-11-25-20(30)13-6-7-13/h3-5,13,15H,1-2,6-12H2,(H,24,29)(H,25,30)(H,26,28,31). The zero-order valence-corrected chi connectivity index (χ0v) is 18.6. The van der Waals surface area contributed by atoms with Crippen LogP contribution in [0.5, 0.6) is 5.75 Å². The fourth-order valence-corrected chi connectivity index (χ4v) is 3.98. The summed E-state index contributed by atoms with van der Waals surface area (Å²) < 4.78 is 5.53. The minimum atomic E-state index is -1.07. The first kappa shape index (κ1) is 23.4. The third-order valence-electron chi connectivity index (χ3n) is 5.96. The smallest absolute Gasteiger partial charge is 0.266 e. The highest BCUT2D eigenvalue weighted by atomic mass is 16.5. The summed E-state index contributed by atoms with van der Waals surface area (Å²) in [6.45, 7) is 0.627. The molecule has 180 valence electrons. The van der Waals surface area contributed by atoms with Gasteiger partial charge in [-0.2, -0.15) is 0 Å². The molecule has 1 saturated heterocycles. The van der Waals surface area contributed by atoms with Gasteiger partial charge < -0.3 is 15.4 Å². The molecule has 11 heteroatoms. The molecule has 3 N–H and O–H groups in total. The molecule has 34 heavy (non-hydrogen) atoms. The molecule has 2 heterocycles. The molecule has 0 spiro atoms. The van der Waals surface area contributed by atoms with E-state index in [1.54, 1.807) is 0 Å². The summed E-state index contributed by atoms with van der Waals surface area (Å²) in [6, 6.07) is 3.39. The van der Waals surface area contributed by atoms with Crippen molar-refractivity contribution in [3.8, 4) is 5.75 Å². The van der Waals surface area contributed by atoms with Crippen LogP contribution in [0.1, 0.15) is 59.2 Å². The number of amides is 6. The van der Waals surface area contributed by atoms with E-state index in [1.165, 1.54) is 18.2 Å². The molecule has 0 aromatic heterocycles. The molecule has 0 radical (unpaired) electrons. The van der Waals surface area contributed by atoms with Gasteiger partial charge in [-0.15, -0.1) is 0 Å². The van der Waals surface area contributed by atoms with Gasteiger partial charge in [-0.3, -0.25) is 39.0 Å². The van der Waals surface area contributed by atoms with Gasteiger partial charge in [-0.1, -0.05) is 6.07 Å². The van der Waals surface area contributed by atoms with Crippen molar-refractivity contribution < 1.29 is 33.5 Å². The minimum absolute atomic E-state index is 0.00333. The van der Waals surface area contributed by atoms with Crippen molar-refractivity contribution in [2.45, 2.75) is 44.6 Å². The van der Waals surface area contributed by atoms with Crippen molar-refractivity contribution >= 4 is 35.4 Å². The maximum absolute atomic E-state index is 13.0. The predicted molar refractivity (Wildman–Crippen MR) is 117 cm³/mol. The summed E-state index contributed by atoms with van der Waals surface area (Å²) in [5.74, 6) is -2.53. The number of benzene rings is 1. The molecule has 3 aliphatic rings. The number of hydrogen-bond acceptors (Lipinski definition) is 7. The lowest BCUT2D eigenvalue weighted by atomic mass is 10.0. The largest absolute Gasteiger partial charge is 0.483 e. The highest BCUT2D eigenvalue weighted by molar-refractivity contribution is 6.24. The number of rotatable bonds is 10. The summed E-state index contributed by atoms with van der Waals surface area (Å²) in [5.41, 5.74) is 0.0808. The van der Waals surface area contributed by atoms with Gasteiger partial charge in [0.05, 0.1) is 11.1 Å². The van der Waals surface area contributed by atoms with Crippen LogP contribution in [0.15, 0.2) is 18.2 Å². The number of carbonyl (C=O) groups excluding carboxylic acids is 6. The Morgan fingerprint density at radius 1 is 1.00 bits per heavy atom. The van der Waals surface area contributed by atoms with Gasteiger partial charge in [0.15, 0.2) is 6.61 Å². The molecular weight excluding hydrogens is 444 g/mol. The van der Waals surface area contributed by atoms with Crippen molar-refractivity contribution in [2.75, 3.05) is 19.7 Å². The molecule has 2 aliphatic heterocycles. The van der Waals surface area contributed by atoms with E-state index in [4.69, 9.17) is 4.74 Å². The first-order chi connectivity index (χ1) is 16.4. The summed E-state index contributed by atoms with van der Waals surface area (Å²) in [5, 5.41) is 7.72. The number of hydrogen-bond donors (Lipinski definition) is 3. The molecule has 1 aromatic rings. The Balaban J connectivity index is 1.27. The zero-order chi connectivity index (χ0) is 24.2. The average molecular weight is 470 g/mol. The van der Waals surface area contributed by atoms with Crippen LogP contribution in [0.25, 0.3) is 0 Å². The van der Waals surface area contributed by atoms with Gasteiger partial charge in [0.25, 0.3) is 17.7 Å². The van der Waals surface area contributed by atoms with Crippen molar-refractivity contribution in [1.29, 1.82) is 0 Å². The van der Waals surface area contributed by atoms with Crippen LogP contribution >= 0.6 is 0 Å². The monoisotopic (exact) mass is 470 g/mol. The van der Waals surface area contributed by atoms with Gasteiger partial charge in [-0.25, -0.2) is 0 Å². The van der Waals surface area contributed by atoms with Crippen molar-refractivity contribution in [2.24, 2.45) is 5.92 Å². The SMILES string of the molecule is O=C(COc1cccc2c1C(=O)N(C1CCC(=O)NC1=O)C2=O)NCCCCNC(=O)C1CC1. The lowest BCUT2D eigenvalue weighted by Crippen LogP contribution is -2.54.